The number of aromatic amines is 1. The first-order valence-electron chi connectivity index (χ1n) is 10.9. The van der Waals surface area contributed by atoms with E-state index in [0.717, 1.165) is 27.9 Å². The average molecular weight is 480 g/mol. The second-order valence-electron chi connectivity index (χ2n) is 8.43. The van der Waals surface area contributed by atoms with Crippen molar-refractivity contribution >= 4 is 33.4 Å². The van der Waals surface area contributed by atoms with Crippen LogP contribution in [0.25, 0.3) is 10.2 Å². The molecule has 0 radical (unpaired) electrons. The zero-order valence-corrected chi connectivity index (χ0v) is 19.2. The smallest absolute Gasteiger partial charge is 0.261 e. The van der Waals surface area contributed by atoms with Gasteiger partial charge in [0.2, 0.25) is 0 Å². The van der Waals surface area contributed by atoms with Crippen molar-refractivity contribution in [3.63, 3.8) is 0 Å². The van der Waals surface area contributed by atoms with Crippen molar-refractivity contribution in [2.45, 2.75) is 38.8 Å². The maximum Gasteiger partial charge on any atom is 0.261 e. The Kier molecular flexibility index (Phi) is 5.52. The monoisotopic (exact) mass is 479 g/mol. The van der Waals surface area contributed by atoms with Crippen LogP contribution in [-0.4, -0.2) is 26.6 Å². The molecule has 3 aromatic heterocycles. The van der Waals surface area contributed by atoms with Gasteiger partial charge < -0.3 is 16.0 Å². The highest BCUT2D eigenvalue weighted by atomic mass is 32.1. The highest BCUT2D eigenvalue weighted by Gasteiger charge is 2.26. The van der Waals surface area contributed by atoms with Gasteiger partial charge in [-0.05, 0) is 61.6 Å². The highest BCUT2D eigenvalue weighted by molar-refractivity contribution is 7.20. The summed E-state index contributed by atoms with van der Waals surface area (Å²) in [4.78, 5) is 41.0. The SMILES string of the molecule is Cc1nn(Cc2ccc(F)cc2)c2sc(C(=O)NC3CCCc4[nH]c(=O)c(C(N)=O)cc43)cc12. The molecule has 34 heavy (non-hydrogen) atoms. The summed E-state index contributed by atoms with van der Waals surface area (Å²) in [5.74, 6) is -1.33. The maximum atomic E-state index is 13.2. The molecule has 4 aromatic rings. The van der Waals surface area contributed by atoms with Crippen LogP contribution < -0.4 is 16.6 Å². The van der Waals surface area contributed by atoms with Crippen molar-refractivity contribution in [3.8, 4) is 0 Å². The normalized spacial score (nSPS) is 15.3. The van der Waals surface area contributed by atoms with Crippen LogP contribution in [0.15, 0.2) is 41.2 Å². The van der Waals surface area contributed by atoms with Crippen LogP contribution in [0.3, 0.4) is 0 Å². The van der Waals surface area contributed by atoms with E-state index in [4.69, 9.17) is 5.73 Å². The molecule has 8 nitrogen and oxygen atoms in total. The van der Waals surface area contributed by atoms with E-state index < -0.39 is 11.5 Å². The zero-order valence-electron chi connectivity index (χ0n) is 18.4. The fourth-order valence-corrected chi connectivity index (χ4v) is 5.46. The summed E-state index contributed by atoms with van der Waals surface area (Å²) in [7, 11) is 0. The van der Waals surface area contributed by atoms with Crippen LogP contribution in [0, 0.1) is 12.7 Å². The van der Waals surface area contributed by atoms with Gasteiger partial charge in [0.05, 0.1) is 23.2 Å². The lowest BCUT2D eigenvalue weighted by molar-refractivity contribution is 0.0936. The lowest BCUT2D eigenvalue weighted by Gasteiger charge is -2.26. The second kappa shape index (κ2) is 8.53. The number of aryl methyl sites for hydroxylation is 2. The third kappa shape index (κ3) is 4.01. The van der Waals surface area contributed by atoms with E-state index in [1.54, 1.807) is 12.1 Å². The Morgan fingerprint density at radius 1 is 1.29 bits per heavy atom. The van der Waals surface area contributed by atoms with Gasteiger partial charge in [0.15, 0.2) is 0 Å². The van der Waals surface area contributed by atoms with E-state index in [-0.39, 0.29) is 23.3 Å². The van der Waals surface area contributed by atoms with Gasteiger partial charge in [0.1, 0.15) is 16.2 Å². The quantitative estimate of drug-likeness (QED) is 0.407. The minimum absolute atomic E-state index is 0.113. The van der Waals surface area contributed by atoms with Gasteiger partial charge in [-0.2, -0.15) is 5.10 Å². The number of thiophene rings is 1. The number of nitrogens with one attached hydrogen (secondary N) is 2. The molecule has 3 heterocycles. The van der Waals surface area contributed by atoms with Crippen molar-refractivity contribution in [1.29, 1.82) is 0 Å². The largest absolute Gasteiger partial charge is 0.365 e. The molecule has 0 fully saturated rings. The predicted octanol–water partition coefficient (Wildman–Crippen LogP) is 3.19. The summed E-state index contributed by atoms with van der Waals surface area (Å²) in [5, 5.41) is 8.51. The zero-order chi connectivity index (χ0) is 24.0. The molecular weight excluding hydrogens is 457 g/mol. The topological polar surface area (TPSA) is 123 Å². The van der Waals surface area contributed by atoms with Crippen LogP contribution in [0.2, 0.25) is 0 Å². The van der Waals surface area contributed by atoms with E-state index in [1.165, 1.54) is 29.5 Å². The number of primary amides is 1. The van der Waals surface area contributed by atoms with Gasteiger partial charge in [-0.3, -0.25) is 19.1 Å². The number of rotatable bonds is 5. The first-order chi connectivity index (χ1) is 16.3. The number of carbonyl (C=O) groups is 2. The Balaban J connectivity index is 1.42. The lowest BCUT2D eigenvalue weighted by Crippen LogP contribution is -2.33. The molecule has 2 amide bonds. The maximum absolute atomic E-state index is 13.2. The molecule has 4 N–H and O–H groups in total. The molecule has 174 valence electrons. The van der Waals surface area contributed by atoms with Crippen molar-refractivity contribution in [2.24, 2.45) is 5.73 Å². The Morgan fingerprint density at radius 2 is 2.06 bits per heavy atom. The average Bonchev–Trinajstić information content (AvgIpc) is 3.36. The van der Waals surface area contributed by atoms with Crippen molar-refractivity contribution in [3.05, 3.63) is 85.5 Å². The molecule has 1 unspecified atom stereocenters. The van der Waals surface area contributed by atoms with Gasteiger partial charge in [-0.15, -0.1) is 11.3 Å². The number of H-pyrrole nitrogens is 1. The molecule has 0 spiro atoms. The molecule has 0 saturated heterocycles. The summed E-state index contributed by atoms with van der Waals surface area (Å²) in [6.45, 7) is 2.35. The number of hydrogen-bond donors (Lipinski definition) is 3. The summed E-state index contributed by atoms with van der Waals surface area (Å²) in [5.41, 5.74) is 7.86. The van der Waals surface area contributed by atoms with Gasteiger partial charge >= 0.3 is 0 Å². The molecule has 1 aliphatic carbocycles. The fraction of sp³-hybridized carbons (Fsp3) is 0.250. The molecule has 5 rings (SSSR count). The van der Waals surface area contributed by atoms with Gasteiger partial charge in [0.25, 0.3) is 17.4 Å². The Labute approximate surface area is 197 Å². The number of nitrogens with two attached hydrogens (primary N) is 1. The third-order valence-corrected chi connectivity index (χ3v) is 7.25. The van der Waals surface area contributed by atoms with E-state index >= 15 is 0 Å². The van der Waals surface area contributed by atoms with E-state index in [1.807, 2.05) is 17.7 Å². The number of fused-ring (bicyclic) bond motifs is 2. The number of amides is 2. The number of carbonyl (C=O) groups excluding carboxylic acids is 2. The number of pyridine rings is 1. The summed E-state index contributed by atoms with van der Waals surface area (Å²) >= 11 is 1.34. The van der Waals surface area contributed by atoms with Crippen LogP contribution in [0.4, 0.5) is 4.39 Å². The van der Waals surface area contributed by atoms with E-state index in [2.05, 4.69) is 15.4 Å². The van der Waals surface area contributed by atoms with Crippen LogP contribution in [0.1, 0.15) is 61.4 Å². The molecule has 0 bridgehead atoms. The molecule has 1 aliphatic rings. The van der Waals surface area contributed by atoms with E-state index in [9.17, 15) is 18.8 Å². The van der Waals surface area contributed by atoms with Gasteiger partial charge in [-0.25, -0.2) is 4.39 Å². The van der Waals surface area contributed by atoms with Crippen LogP contribution in [-0.2, 0) is 13.0 Å². The molecule has 1 aromatic carbocycles. The standard InChI is InChI=1S/C24H22FN5O3S/c1-12-15-10-20(34-24(15)30(29-12)11-13-5-7-14(25)8-6-13)23(33)28-19-4-2-3-18-16(19)9-17(21(26)31)22(32)27-18/h5-10,19H,2-4,11H2,1H3,(H2,26,31)(H,27,32)(H,28,33). The first kappa shape index (κ1) is 22.0. The van der Waals surface area contributed by atoms with Crippen molar-refractivity contribution in [1.82, 2.24) is 20.1 Å². The van der Waals surface area contributed by atoms with Crippen LogP contribution >= 0.6 is 11.3 Å². The molecule has 0 saturated carbocycles. The van der Waals surface area contributed by atoms with Crippen molar-refractivity contribution in [2.75, 3.05) is 0 Å². The van der Waals surface area contributed by atoms with Crippen molar-refractivity contribution < 1.29 is 14.0 Å². The van der Waals surface area contributed by atoms with Gasteiger partial charge in [-0.1, -0.05) is 12.1 Å². The second-order valence-corrected chi connectivity index (χ2v) is 9.46. The summed E-state index contributed by atoms with van der Waals surface area (Å²) in [6.07, 6.45) is 2.14. The summed E-state index contributed by atoms with van der Waals surface area (Å²) in [6, 6.07) is 9.23. The number of benzene rings is 1. The minimum atomic E-state index is -0.801. The lowest BCUT2D eigenvalue weighted by atomic mass is 9.90. The van der Waals surface area contributed by atoms with E-state index in [0.29, 0.717) is 35.5 Å². The Hall–Kier alpha value is -3.79. The van der Waals surface area contributed by atoms with Gasteiger partial charge in [0, 0.05) is 11.1 Å². The summed E-state index contributed by atoms with van der Waals surface area (Å²) < 4.78 is 15.1. The number of aromatic nitrogens is 3. The Morgan fingerprint density at radius 3 is 2.79 bits per heavy atom. The first-order valence-corrected chi connectivity index (χ1v) is 11.7. The number of hydrogen-bond acceptors (Lipinski definition) is 5. The highest BCUT2D eigenvalue weighted by Crippen LogP contribution is 2.32. The Bertz CT molecular complexity index is 1490. The third-order valence-electron chi connectivity index (χ3n) is 6.10. The minimum Gasteiger partial charge on any atom is -0.365 e. The molecule has 0 aliphatic heterocycles. The molecular formula is C24H22FN5O3S. The number of nitrogens with zero attached hydrogens (tertiary/aromatic N) is 2. The molecule has 10 heteroatoms. The van der Waals surface area contributed by atoms with Crippen LogP contribution in [0.5, 0.6) is 0 Å². The number of halogens is 1. The fourth-order valence-electron chi connectivity index (χ4n) is 4.40. The molecule has 1 atom stereocenters. The predicted molar refractivity (Wildman–Crippen MR) is 127 cm³/mol.